The minimum Gasteiger partial charge on any atom is -0.463 e. The molecule has 1 aliphatic heterocycles. The molecule has 0 radical (unpaired) electrons. The van der Waals surface area contributed by atoms with Crippen molar-refractivity contribution in [2.24, 2.45) is 5.10 Å². The van der Waals surface area contributed by atoms with Gasteiger partial charge in [-0.3, -0.25) is 4.79 Å². The van der Waals surface area contributed by atoms with Crippen molar-refractivity contribution in [3.8, 4) is 0 Å². The van der Waals surface area contributed by atoms with Gasteiger partial charge in [-0.1, -0.05) is 23.9 Å². The number of hydrazone groups is 1. The lowest BCUT2D eigenvalue weighted by Gasteiger charge is -2.20. The Morgan fingerprint density at radius 1 is 1.20 bits per heavy atom. The predicted molar refractivity (Wildman–Crippen MR) is 116 cm³/mol. The van der Waals surface area contributed by atoms with Gasteiger partial charge in [-0.25, -0.2) is 9.69 Å². The zero-order valence-corrected chi connectivity index (χ0v) is 18.1. The SMILES string of the molecule is O=C(CSc1nnnn1Cc1cccs1)N1N=C(c2ccco2)CC1c1cccs1. The lowest BCUT2D eigenvalue weighted by atomic mass is 10.1. The Hall–Kier alpha value is -2.76. The van der Waals surface area contributed by atoms with E-state index >= 15 is 0 Å². The zero-order chi connectivity index (χ0) is 20.3. The highest BCUT2D eigenvalue weighted by Crippen LogP contribution is 2.35. The second-order valence-electron chi connectivity index (χ2n) is 6.48. The van der Waals surface area contributed by atoms with E-state index in [9.17, 15) is 4.79 Å². The van der Waals surface area contributed by atoms with Crippen LogP contribution >= 0.6 is 34.4 Å². The summed E-state index contributed by atoms with van der Waals surface area (Å²) in [5.74, 6) is 0.798. The van der Waals surface area contributed by atoms with Crippen LogP contribution in [-0.2, 0) is 11.3 Å². The fourth-order valence-electron chi connectivity index (χ4n) is 3.18. The van der Waals surface area contributed by atoms with Crippen LogP contribution in [0.15, 0.2) is 68.1 Å². The van der Waals surface area contributed by atoms with Crippen LogP contribution in [0.2, 0.25) is 0 Å². The summed E-state index contributed by atoms with van der Waals surface area (Å²) < 4.78 is 7.21. The number of tetrazole rings is 1. The van der Waals surface area contributed by atoms with Gasteiger partial charge in [0.05, 0.1) is 24.6 Å². The quantitative estimate of drug-likeness (QED) is 0.392. The first kappa shape index (κ1) is 19.2. The van der Waals surface area contributed by atoms with Crippen molar-refractivity contribution in [1.29, 1.82) is 0 Å². The van der Waals surface area contributed by atoms with Crippen LogP contribution in [0.25, 0.3) is 0 Å². The summed E-state index contributed by atoms with van der Waals surface area (Å²) >= 11 is 4.59. The van der Waals surface area contributed by atoms with Crippen LogP contribution in [0.3, 0.4) is 0 Å². The molecule has 30 heavy (non-hydrogen) atoms. The van der Waals surface area contributed by atoms with E-state index in [0.29, 0.717) is 23.9 Å². The molecule has 0 bridgehead atoms. The fourth-order valence-corrected chi connectivity index (χ4v) is 5.40. The Kier molecular flexibility index (Phi) is 5.47. The fraction of sp³-hybridized carbons (Fsp3) is 0.211. The molecule has 0 aromatic carbocycles. The molecule has 0 fully saturated rings. The molecule has 1 atom stereocenters. The van der Waals surface area contributed by atoms with E-state index in [1.807, 2.05) is 47.2 Å². The molecule has 0 saturated carbocycles. The van der Waals surface area contributed by atoms with Gasteiger partial charge < -0.3 is 4.42 Å². The Morgan fingerprint density at radius 2 is 2.10 bits per heavy atom. The number of aromatic nitrogens is 4. The van der Waals surface area contributed by atoms with Crippen molar-refractivity contribution in [1.82, 2.24) is 25.2 Å². The van der Waals surface area contributed by atoms with Gasteiger partial charge in [-0.15, -0.1) is 27.8 Å². The highest BCUT2D eigenvalue weighted by Gasteiger charge is 2.34. The molecule has 152 valence electrons. The minimum atomic E-state index is -0.125. The van der Waals surface area contributed by atoms with Gasteiger partial charge >= 0.3 is 0 Å². The highest BCUT2D eigenvalue weighted by molar-refractivity contribution is 7.99. The number of amides is 1. The molecule has 0 N–H and O–H groups in total. The number of rotatable bonds is 7. The maximum Gasteiger partial charge on any atom is 0.253 e. The van der Waals surface area contributed by atoms with Gasteiger partial charge in [-0.05, 0) is 45.5 Å². The summed E-state index contributed by atoms with van der Waals surface area (Å²) in [5, 5.41) is 22.7. The third-order valence-corrected chi connectivity index (χ3v) is 7.33. The normalized spacial score (nSPS) is 16.2. The van der Waals surface area contributed by atoms with Crippen molar-refractivity contribution in [3.05, 3.63) is 68.9 Å². The molecule has 5 rings (SSSR count). The topological polar surface area (TPSA) is 89.4 Å². The van der Waals surface area contributed by atoms with Gasteiger partial charge in [0, 0.05) is 16.2 Å². The van der Waals surface area contributed by atoms with Gasteiger partial charge in [0.25, 0.3) is 5.91 Å². The van der Waals surface area contributed by atoms with Crippen LogP contribution in [-0.4, -0.2) is 42.6 Å². The maximum atomic E-state index is 13.1. The molecule has 1 aliphatic rings. The van der Waals surface area contributed by atoms with Crippen molar-refractivity contribution in [2.75, 3.05) is 5.75 Å². The molecule has 4 aromatic heterocycles. The van der Waals surface area contributed by atoms with Gasteiger partial charge in [0.2, 0.25) is 5.16 Å². The second-order valence-corrected chi connectivity index (χ2v) is 9.44. The van der Waals surface area contributed by atoms with Crippen molar-refractivity contribution >= 4 is 46.1 Å². The van der Waals surface area contributed by atoms with Crippen molar-refractivity contribution < 1.29 is 9.21 Å². The molecule has 8 nitrogen and oxygen atoms in total. The number of nitrogens with zero attached hydrogens (tertiary/aromatic N) is 6. The van der Waals surface area contributed by atoms with Gasteiger partial charge in [0.1, 0.15) is 11.5 Å². The van der Waals surface area contributed by atoms with Crippen LogP contribution < -0.4 is 0 Å². The molecule has 0 spiro atoms. The molecular formula is C19H16N6O2S3. The van der Waals surface area contributed by atoms with Crippen molar-refractivity contribution in [3.63, 3.8) is 0 Å². The van der Waals surface area contributed by atoms with E-state index < -0.39 is 0 Å². The van der Waals surface area contributed by atoms with E-state index in [1.165, 1.54) is 11.8 Å². The number of hydrogen-bond acceptors (Lipinski definition) is 9. The van der Waals surface area contributed by atoms with Crippen LogP contribution in [0, 0.1) is 0 Å². The predicted octanol–water partition coefficient (Wildman–Crippen LogP) is 3.91. The largest absolute Gasteiger partial charge is 0.463 e. The molecule has 0 aliphatic carbocycles. The summed E-state index contributed by atoms with van der Waals surface area (Å²) in [5.41, 5.74) is 0.777. The Morgan fingerprint density at radius 3 is 2.87 bits per heavy atom. The molecule has 4 aromatic rings. The third-order valence-electron chi connectivity index (χ3n) is 4.55. The van der Waals surface area contributed by atoms with E-state index in [1.54, 1.807) is 38.6 Å². The first-order valence-corrected chi connectivity index (χ1v) is 11.9. The van der Waals surface area contributed by atoms with E-state index in [2.05, 4.69) is 20.6 Å². The summed E-state index contributed by atoms with van der Waals surface area (Å²) in [6.45, 7) is 0.587. The Balaban J connectivity index is 1.31. The Bertz CT molecular complexity index is 1140. The number of furan rings is 1. The lowest BCUT2D eigenvalue weighted by molar-refractivity contribution is -0.130. The number of carbonyl (C=O) groups excluding carboxylic acids is 1. The van der Waals surface area contributed by atoms with Crippen LogP contribution in [0.1, 0.15) is 28.0 Å². The first-order valence-electron chi connectivity index (χ1n) is 9.16. The summed E-state index contributed by atoms with van der Waals surface area (Å²) in [6.07, 6.45) is 2.24. The van der Waals surface area contributed by atoms with E-state index in [4.69, 9.17) is 4.42 Å². The molecule has 0 saturated heterocycles. The molecular weight excluding hydrogens is 440 g/mol. The number of carbonyl (C=O) groups is 1. The van der Waals surface area contributed by atoms with E-state index in [0.717, 1.165) is 15.5 Å². The standard InChI is InChI=1S/C19H16N6O2S3/c26-18(12-30-19-20-22-23-24(19)11-13-4-2-8-28-13)25-15(17-6-3-9-29-17)10-14(21-25)16-5-1-7-27-16/h1-9,15H,10-12H2. The van der Waals surface area contributed by atoms with Gasteiger partial charge in [0.15, 0.2) is 0 Å². The van der Waals surface area contributed by atoms with E-state index in [-0.39, 0.29) is 17.7 Å². The molecule has 1 amide bonds. The smallest absolute Gasteiger partial charge is 0.253 e. The Labute approximate surface area is 184 Å². The minimum absolute atomic E-state index is 0.0920. The molecule has 1 unspecified atom stereocenters. The summed E-state index contributed by atoms with van der Waals surface area (Å²) in [7, 11) is 0. The second kappa shape index (κ2) is 8.54. The number of thiophene rings is 2. The average molecular weight is 457 g/mol. The van der Waals surface area contributed by atoms with Crippen LogP contribution in [0.4, 0.5) is 0 Å². The molecule has 11 heteroatoms. The highest BCUT2D eigenvalue weighted by atomic mass is 32.2. The number of hydrogen-bond donors (Lipinski definition) is 0. The average Bonchev–Trinajstić information content (AvgIpc) is 3.57. The first-order chi connectivity index (χ1) is 14.8. The monoisotopic (exact) mass is 456 g/mol. The summed E-state index contributed by atoms with van der Waals surface area (Å²) in [6, 6.07) is 11.6. The van der Waals surface area contributed by atoms with Crippen LogP contribution in [0.5, 0.6) is 0 Å². The summed E-state index contributed by atoms with van der Waals surface area (Å²) in [4.78, 5) is 15.3. The van der Waals surface area contributed by atoms with Crippen molar-refractivity contribution in [2.45, 2.75) is 24.2 Å². The van der Waals surface area contributed by atoms with Gasteiger partial charge in [-0.2, -0.15) is 5.10 Å². The lowest BCUT2D eigenvalue weighted by Crippen LogP contribution is -2.28. The number of thioether (sulfide) groups is 1. The zero-order valence-electron chi connectivity index (χ0n) is 15.6. The maximum absolute atomic E-state index is 13.1. The molecule has 5 heterocycles. The third kappa shape index (κ3) is 3.95.